The van der Waals surface area contributed by atoms with E-state index in [1.54, 1.807) is 0 Å². The van der Waals surface area contributed by atoms with Gasteiger partial charge < -0.3 is 10.7 Å². The standard InChI is InChI=1S/C8H8N2S/c9-5-1-2-6-7(3-5)10-4-8(6)11/h1-4,10-11H,9H2. The van der Waals surface area contributed by atoms with E-state index in [-0.39, 0.29) is 0 Å². The highest BCUT2D eigenvalue weighted by molar-refractivity contribution is 7.80. The zero-order chi connectivity index (χ0) is 7.84. The Kier molecular flexibility index (Phi) is 1.32. The number of aromatic nitrogens is 1. The van der Waals surface area contributed by atoms with Gasteiger partial charge in [0.2, 0.25) is 0 Å². The Hall–Kier alpha value is -1.09. The molecule has 0 aliphatic carbocycles. The molecule has 2 rings (SSSR count). The average molecular weight is 164 g/mol. The maximum atomic E-state index is 5.59. The lowest BCUT2D eigenvalue weighted by atomic mass is 10.2. The highest BCUT2D eigenvalue weighted by Crippen LogP contribution is 2.22. The van der Waals surface area contributed by atoms with Gasteiger partial charge in [0.15, 0.2) is 0 Å². The van der Waals surface area contributed by atoms with Crippen molar-refractivity contribution in [3.05, 3.63) is 24.4 Å². The minimum absolute atomic E-state index is 0.771. The van der Waals surface area contributed by atoms with Crippen molar-refractivity contribution in [2.75, 3.05) is 5.73 Å². The van der Waals surface area contributed by atoms with Gasteiger partial charge >= 0.3 is 0 Å². The van der Waals surface area contributed by atoms with E-state index >= 15 is 0 Å². The van der Waals surface area contributed by atoms with Crippen molar-refractivity contribution in [1.82, 2.24) is 4.98 Å². The normalized spacial score (nSPS) is 10.6. The van der Waals surface area contributed by atoms with E-state index in [0.717, 1.165) is 21.5 Å². The van der Waals surface area contributed by atoms with Crippen LogP contribution < -0.4 is 5.73 Å². The quantitative estimate of drug-likeness (QED) is 0.405. The molecule has 2 nitrogen and oxygen atoms in total. The molecule has 0 saturated carbocycles. The summed E-state index contributed by atoms with van der Waals surface area (Å²) < 4.78 is 0. The van der Waals surface area contributed by atoms with Gasteiger partial charge in [-0.05, 0) is 18.2 Å². The molecule has 0 saturated heterocycles. The van der Waals surface area contributed by atoms with E-state index in [4.69, 9.17) is 5.73 Å². The summed E-state index contributed by atoms with van der Waals surface area (Å²) in [5.74, 6) is 0. The van der Waals surface area contributed by atoms with Crippen molar-refractivity contribution in [3.63, 3.8) is 0 Å². The molecule has 56 valence electrons. The average Bonchev–Trinajstić information content (AvgIpc) is 2.32. The van der Waals surface area contributed by atoms with Crippen LogP contribution in [0.3, 0.4) is 0 Å². The molecule has 0 radical (unpaired) electrons. The molecule has 0 bridgehead atoms. The first-order chi connectivity index (χ1) is 5.27. The van der Waals surface area contributed by atoms with Gasteiger partial charge in [-0.1, -0.05) is 0 Å². The Morgan fingerprint density at radius 3 is 3.00 bits per heavy atom. The molecule has 0 spiro atoms. The molecule has 11 heavy (non-hydrogen) atoms. The SMILES string of the molecule is Nc1ccc2c(S)c[nH]c2c1. The van der Waals surface area contributed by atoms with Crippen molar-refractivity contribution in [1.29, 1.82) is 0 Å². The van der Waals surface area contributed by atoms with Gasteiger partial charge in [-0.2, -0.15) is 0 Å². The van der Waals surface area contributed by atoms with Crippen LogP contribution in [0.1, 0.15) is 0 Å². The second-order valence-electron chi connectivity index (χ2n) is 2.48. The Balaban J connectivity index is 2.86. The van der Waals surface area contributed by atoms with E-state index in [9.17, 15) is 0 Å². The number of nitrogens with two attached hydrogens (primary N) is 1. The molecule has 1 heterocycles. The Morgan fingerprint density at radius 1 is 1.36 bits per heavy atom. The summed E-state index contributed by atoms with van der Waals surface area (Å²) in [6, 6.07) is 5.73. The number of aromatic amines is 1. The summed E-state index contributed by atoms with van der Waals surface area (Å²) in [7, 11) is 0. The van der Waals surface area contributed by atoms with E-state index in [1.165, 1.54) is 0 Å². The molecule has 0 aliphatic rings. The summed E-state index contributed by atoms with van der Waals surface area (Å²) in [5.41, 5.74) is 7.40. The molecule has 0 unspecified atom stereocenters. The smallest absolute Gasteiger partial charge is 0.0486 e. The fraction of sp³-hybridized carbons (Fsp3) is 0. The van der Waals surface area contributed by atoms with Crippen LogP contribution in [0.25, 0.3) is 10.9 Å². The van der Waals surface area contributed by atoms with Crippen LogP contribution in [0.15, 0.2) is 29.3 Å². The molecule has 3 N–H and O–H groups in total. The summed E-state index contributed by atoms with van der Waals surface area (Å²) >= 11 is 4.26. The van der Waals surface area contributed by atoms with Crippen LogP contribution in [-0.2, 0) is 0 Å². The molecule has 1 aromatic heterocycles. The minimum Gasteiger partial charge on any atom is -0.399 e. The third kappa shape index (κ3) is 0.973. The summed E-state index contributed by atoms with van der Waals surface area (Å²) in [5, 5.41) is 1.11. The molecule has 0 aliphatic heterocycles. The van der Waals surface area contributed by atoms with Gasteiger partial charge in [-0.25, -0.2) is 0 Å². The van der Waals surface area contributed by atoms with Gasteiger partial charge in [0.25, 0.3) is 0 Å². The number of nitrogen functional groups attached to an aromatic ring is 1. The van der Waals surface area contributed by atoms with Crippen molar-refractivity contribution in [2.45, 2.75) is 4.90 Å². The number of benzene rings is 1. The Bertz CT molecular complexity index is 392. The predicted molar refractivity (Wildman–Crippen MR) is 50.0 cm³/mol. The number of thiol groups is 1. The second-order valence-corrected chi connectivity index (χ2v) is 2.96. The first-order valence-corrected chi connectivity index (χ1v) is 3.77. The number of rotatable bonds is 0. The summed E-state index contributed by atoms with van der Waals surface area (Å²) in [6.45, 7) is 0. The zero-order valence-corrected chi connectivity index (χ0v) is 6.73. The number of anilines is 1. The van der Waals surface area contributed by atoms with Crippen LogP contribution in [0.4, 0.5) is 5.69 Å². The first-order valence-electron chi connectivity index (χ1n) is 3.33. The number of nitrogens with one attached hydrogen (secondary N) is 1. The van der Waals surface area contributed by atoms with Crippen LogP contribution in [0.5, 0.6) is 0 Å². The topological polar surface area (TPSA) is 41.8 Å². The van der Waals surface area contributed by atoms with Crippen LogP contribution in [0, 0.1) is 0 Å². The lowest BCUT2D eigenvalue weighted by Gasteiger charge is -1.92. The van der Waals surface area contributed by atoms with E-state index in [1.807, 2.05) is 24.4 Å². The molecule has 1 aromatic carbocycles. The first kappa shape index (κ1) is 6.61. The lowest BCUT2D eigenvalue weighted by molar-refractivity contribution is 1.42. The van der Waals surface area contributed by atoms with Crippen LogP contribution in [0.2, 0.25) is 0 Å². The third-order valence-electron chi connectivity index (χ3n) is 1.68. The second kappa shape index (κ2) is 2.20. The largest absolute Gasteiger partial charge is 0.399 e. The fourth-order valence-corrected chi connectivity index (χ4v) is 1.39. The Morgan fingerprint density at radius 2 is 2.18 bits per heavy atom. The molecule has 3 heteroatoms. The highest BCUT2D eigenvalue weighted by atomic mass is 32.1. The number of hydrogen-bond donors (Lipinski definition) is 3. The van der Waals surface area contributed by atoms with Crippen molar-refractivity contribution in [3.8, 4) is 0 Å². The molecular formula is C8H8N2S. The van der Waals surface area contributed by atoms with Gasteiger partial charge in [0.05, 0.1) is 0 Å². The lowest BCUT2D eigenvalue weighted by Crippen LogP contribution is -1.82. The third-order valence-corrected chi connectivity index (χ3v) is 2.05. The molecule has 0 fully saturated rings. The molecular weight excluding hydrogens is 156 g/mol. The fourth-order valence-electron chi connectivity index (χ4n) is 1.13. The van der Waals surface area contributed by atoms with Crippen molar-refractivity contribution < 1.29 is 0 Å². The zero-order valence-electron chi connectivity index (χ0n) is 5.83. The maximum Gasteiger partial charge on any atom is 0.0486 e. The number of fused-ring (bicyclic) bond motifs is 1. The number of H-pyrrole nitrogens is 1. The van der Waals surface area contributed by atoms with Crippen LogP contribution in [-0.4, -0.2) is 4.98 Å². The van der Waals surface area contributed by atoms with Gasteiger partial charge in [-0.3, -0.25) is 0 Å². The van der Waals surface area contributed by atoms with E-state index in [0.29, 0.717) is 0 Å². The van der Waals surface area contributed by atoms with Gasteiger partial charge in [0.1, 0.15) is 0 Å². The van der Waals surface area contributed by atoms with Crippen molar-refractivity contribution in [2.24, 2.45) is 0 Å². The molecule has 0 atom stereocenters. The highest BCUT2D eigenvalue weighted by Gasteiger charge is 1.98. The number of hydrogen-bond acceptors (Lipinski definition) is 2. The van der Waals surface area contributed by atoms with Crippen molar-refractivity contribution >= 4 is 29.2 Å². The van der Waals surface area contributed by atoms with Gasteiger partial charge in [0, 0.05) is 27.7 Å². The Labute approximate surface area is 69.8 Å². The minimum atomic E-state index is 0.771. The van der Waals surface area contributed by atoms with E-state index in [2.05, 4.69) is 17.6 Å². The monoisotopic (exact) mass is 164 g/mol. The summed E-state index contributed by atoms with van der Waals surface area (Å²) in [4.78, 5) is 4.03. The predicted octanol–water partition coefficient (Wildman–Crippen LogP) is 2.04. The molecule has 2 aromatic rings. The summed E-state index contributed by atoms with van der Waals surface area (Å²) in [6.07, 6.45) is 1.85. The maximum absolute atomic E-state index is 5.59. The van der Waals surface area contributed by atoms with E-state index < -0.39 is 0 Å². The van der Waals surface area contributed by atoms with Gasteiger partial charge in [-0.15, -0.1) is 12.6 Å². The molecule has 0 amide bonds. The van der Waals surface area contributed by atoms with Crippen LogP contribution >= 0.6 is 12.6 Å².